The minimum absolute atomic E-state index is 0.119. The highest BCUT2D eigenvalue weighted by Gasteiger charge is 2.24. The van der Waals surface area contributed by atoms with Crippen molar-refractivity contribution in [2.24, 2.45) is 16.8 Å². The molecule has 0 fully saturated rings. The van der Waals surface area contributed by atoms with Gasteiger partial charge >= 0.3 is 5.97 Å². The van der Waals surface area contributed by atoms with Crippen molar-refractivity contribution in [3.63, 3.8) is 0 Å². The summed E-state index contributed by atoms with van der Waals surface area (Å²) in [6.45, 7) is -1.19. The summed E-state index contributed by atoms with van der Waals surface area (Å²) in [6.07, 6.45) is 0.149. The predicted molar refractivity (Wildman–Crippen MR) is 62.6 cm³/mol. The molecule has 0 radical (unpaired) electrons. The normalized spacial score (nSPS) is 14.1. The molecule has 0 spiro atoms. The van der Waals surface area contributed by atoms with Crippen molar-refractivity contribution in [3.8, 4) is 0 Å². The van der Waals surface area contributed by atoms with E-state index in [9.17, 15) is 13.2 Å². The van der Waals surface area contributed by atoms with Gasteiger partial charge in [-0.2, -0.15) is 12.7 Å². The molecule has 0 bridgehead atoms. The second kappa shape index (κ2) is 7.61. The molecule has 0 unspecified atom stereocenters. The first-order valence-electron chi connectivity index (χ1n) is 5.20. The average Bonchev–Trinajstić information content (AvgIpc) is 2.26. The van der Waals surface area contributed by atoms with E-state index in [0.29, 0.717) is 4.31 Å². The molecule has 0 aromatic carbocycles. The van der Waals surface area contributed by atoms with Crippen LogP contribution in [0.2, 0.25) is 0 Å². The monoisotopic (exact) mass is 285 g/mol. The summed E-state index contributed by atoms with van der Waals surface area (Å²) >= 11 is 0. The predicted octanol–water partition coefficient (Wildman–Crippen LogP) is -3.11. The molecule has 18 heavy (non-hydrogen) atoms. The highest BCUT2D eigenvalue weighted by molar-refractivity contribution is 7.86. The zero-order chi connectivity index (χ0) is 14.3. The number of nitrogens with zero attached hydrogens (tertiary/aromatic N) is 1. The van der Waals surface area contributed by atoms with Gasteiger partial charge in [0.05, 0.1) is 0 Å². The van der Waals surface area contributed by atoms with Crippen LogP contribution in [0.3, 0.4) is 0 Å². The van der Waals surface area contributed by atoms with Crippen molar-refractivity contribution >= 4 is 16.2 Å². The van der Waals surface area contributed by atoms with Gasteiger partial charge < -0.3 is 21.1 Å². The first kappa shape index (κ1) is 17.2. The minimum atomic E-state index is -4.08. The van der Waals surface area contributed by atoms with Gasteiger partial charge in [0, 0.05) is 32.2 Å². The lowest BCUT2D eigenvalue weighted by atomic mass is 10.1. The Morgan fingerprint density at radius 1 is 1.28 bits per heavy atom. The van der Waals surface area contributed by atoms with Crippen LogP contribution in [-0.4, -0.2) is 66.4 Å². The van der Waals surface area contributed by atoms with E-state index >= 15 is 0 Å². The third kappa shape index (κ3) is 6.23. The van der Waals surface area contributed by atoms with E-state index in [2.05, 4.69) is 0 Å². The number of aliphatic hydroxyl groups excluding tert-OH is 2. The molecule has 0 aliphatic carbocycles. The summed E-state index contributed by atoms with van der Waals surface area (Å²) in [5.74, 6) is -1.83. The molecule has 0 aliphatic heterocycles. The molecule has 10 heteroatoms. The smallest absolute Gasteiger partial charge is 0.321 e. The summed E-state index contributed by atoms with van der Waals surface area (Å²) < 4.78 is 23.1. The second-order valence-electron chi connectivity index (χ2n) is 3.87. The molecule has 9 nitrogen and oxygen atoms in total. The van der Waals surface area contributed by atoms with Crippen molar-refractivity contribution in [2.75, 3.05) is 26.3 Å². The fourth-order valence-electron chi connectivity index (χ4n) is 1.19. The molecule has 0 heterocycles. The van der Waals surface area contributed by atoms with Gasteiger partial charge in [-0.05, 0) is 6.42 Å². The first-order valence-corrected chi connectivity index (χ1v) is 6.70. The lowest BCUT2D eigenvalue weighted by molar-refractivity contribution is -0.138. The maximum Gasteiger partial charge on any atom is 0.321 e. The Morgan fingerprint density at radius 3 is 2.11 bits per heavy atom. The van der Waals surface area contributed by atoms with Crippen LogP contribution in [0, 0.1) is 5.92 Å². The number of nitrogens with two attached hydrogens (primary N) is 2. The number of aliphatic carboxylic acids is 1. The van der Waals surface area contributed by atoms with Crippen molar-refractivity contribution in [3.05, 3.63) is 0 Å². The molecule has 0 aromatic rings. The number of hydrogen-bond donors (Lipinski definition) is 5. The van der Waals surface area contributed by atoms with E-state index in [1.54, 1.807) is 0 Å². The molecule has 7 N–H and O–H groups in total. The average molecular weight is 285 g/mol. The van der Waals surface area contributed by atoms with Crippen LogP contribution in [-0.2, 0) is 15.0 Å². The van der Waals surface area contributed by atoms with E-state index in [1.165, 1.54) is 0 Å². The molecule has 0 aromatic heterocycles. The zero-order valence-electron chi connectivity index (χ0n) is 9.77. The van der Waals surface area contributed by atoms with Crippen molar-refractivity contribution in [2.45, 2.75) is 12.5 Å². The Kier molecular flexibility index (Phi) is 7.28. The van der Waals surface area contributed by atoms with Gasteiger partial charge in [0.1, 0.15) is 6.04 Å². The fraction of sp³-hybridized carbons (Fsp3) is 0.875. The van der Waals surface area contributed by atoms with Crippen LogP contribution in [0.15, 0.2) is 0 Å². The third-order valence-corrected chi connectivity index (χ3v) is 3.43. The Labute approximate surface area is 105 Å². The third-order valence-electron chi connectivity index (χ3n) is 2.38. The van der Waals surface area contributed by atoms with Crippen LogP contribution >= 0.6 is 0 Å². The lowest BCUT2D eigenvalue weighted by Crippen LogP contribution is -2.48. The van der Waals surface area contributed by atoms with E-state index in [4.69, 9.17) is 26.2 Å². The van der Waals surface area contributed by atoms with Crippen LogP contribution in [0.5, 0.6) is 0 Å². The molecule has 1 atom stereocenters. The van der Waals surface area contributed by atoms with Crippen LogP contribution in [0.4, 0.5) is 0 Å². The Balaban J connectivity index is 4.57. The standard InChI is InChI=1S/C8H19N3O6S/c9-7(8(14)15)3-11(18(10,16)17)2-1-6(4-12)5-13/h6-7,12-13H,1-5,9H2,(H,14,15)(H2,10,16,17)/t7-/m0/s1. The highest BCUT2D eigenvalue weighted by atomic mass is 32.2. The van der Waals surface area contributed by atoms with Gasteiger partial charge in [0.25, 0.3) is 10.2 Å². The molecule has 0 saturated heterocycles. The summed E-state index contributed by atoms with van der Waals surface area (Å²) in [7, 11) is -4.08. The molecule has 0 amide bonds. The van der Waals surface area contributed by atoms with E-state index in [-0.39, 0.29) is 26.2 Å². The van der Waals surface area contributed by atoms with Gasteiger partial charge in [0.15, 0.2) is 0 Å². The number of carboxylic acids is 1. The van der Waals surface area contributed by atoms with Gasteiger partial charge in [-0.3, -0.25) is 4.79 Å². The van der Waals surface area contributed by atoms with E-state index in [0.717, 1.165) is 0 Å². The number of aliphatic hydroxyl groups is 2. The Bertz CT molecular complexity index is 356. The Morgan fingerprint density at radius 2 is 1.78 bits per heavy atom. The summed E-state index contributed by atoms with van der Waals surface area (Å²) in [5, 5.41) is 31.2. The first-order chi connectivity index (χ1) is 8.22. The van der Waals surface area contributed by atoms with Crippen LogP contribution < -0.4 is 10.9 Å². The molecule has 0 rings (SSSR count). The quantitative estimate of drug-likeness (QED) is 0.299. The van der Waals surface area contributed by atoms with Gasteiger partial charge in [-0.15, -0.1) is 0 Å². The molecule has 108 valence electrons. The maximum absolute atomic E-state index is 11.2. The number of rotatable bonds is 9. The molecule has 0 aliphatic rings. The topological polar surface area (TPSA) is 167 Å². The molecular weight excluding hydrogens is 266 g/mol. The largest absolute Gasteiger partial charge is 0.480 e. The molecular formula is C8H19N3O6S. The van der Waals surface area contributed by atoms with Crippen molar-refractivity contribution < 1.29 is 28.5 Å². The van der Waals surface area contributed by atoms with Crippen LogP contribution in [0.25, 0.3) is 0 Å². The Hall–Kier alpha value is -0.780. The SMILES string of the molecule is N[C@@H](CN(CCC(CO)CO)S(N)(=O)=O)C(=O)O. The molecule has 0 saturated carbocycles. The van der Waals surface area contributed by atoms with Crippen molar-refractivity contribution in [1.82, 2.24) is 4.31 Å². The lowest BCUT2D eigenvalue weighted by Gasteiger charge is -2.22. The maximum atomic E-state index is 11.2. The summed E-state index contributed by atoms with van der Waals surface area (Å²) in [5.41, 5.74) is 5.23. The second-order valence-corrected chi connectivity index (χ2v) is 5.41. The number of carbonyl (C=O) groups is 1. The van der Waals surface area contributed by atoms with E-state index in [1.807, 2.05) is 0 Å². The number of carboxylic acid groups (broad SMARTS) is 1. The van der Waals surface area contributed by atoms with Gasteiger partial charge in [-0.1, -0.05) is 0 Å². The fourth-order valence-corrected chi connectivity index (χ4v) is 1.92. The summed E-state index contributed by atoms with van der Waals surface area (Å²) in [6, 6.07) is -1.38. The summed E-state index contributed by atoms with van der Waals surface area (Å²) in [4.78, 5) is 10.5. The highest BCUT2D eigenvalue weighted by Crippen LogP contribution is 2.06. The number of hydrogen-bond acceptors (Lipinski definition) is 6. The minimum Gasteiger partial charge on any atom is -0.480 e. The van der Waals surface area contributed by atoms with Crippen molar-refractivity contribution in [1.29, 1.82) is 0 Å². The van der Waals surface area contributed by atoms with Crippen LogP contribution in [0.1, 0.15) is 6.42 Å². The van der Waals surface area contributed by atoms with E-state index < -0.39 is 34.7 Å². The van der Waals surface area contributed by atoms with Gasteiger partial charge in [-0.25, -0.2) is 5.14 Å². The zero-order valence-corrected chi connectivity index (χ0v) is 10.6. The van der Waals surface area contributed by atoms with Gasteiger partial charge in [0.2, 0.25) is 0 Å².